The summed E-state index contributed by atoms with van der Waals surface area (Å²) in [6, 6.07) is 12.4. The van der Waals surface area contributed by atoms with Gasteiger partial charge in [-0.05, 0) is 71.2 Å². The Hall–Kier alpha value is -3.40. The number of phenols is 1. The van der Waals surface area contributed by atoms with Crippen LogP contribution in [0.15, 0.2) is 48.0 Å². The van der Waals surface area contributed by atoms with Crippen LogP contribution in [0.4, 0.5) is 0 Å². The standard InChI is InChI=1S/C31H30O4/c1-15-8-18(4)26-22(10-15)29(7)14-20(6)31-30(28(29)33-26,23-11-16(2)9-19(5)27(23)35-31)25-17(3)12-21(32)13-24(25)34-31/h8-14,28,32H,1-7H3/t28-,29+,30-,31-/m1/s1. The molecule has 1 N–H and O–H groups in total. The Morgan fingerprint density at radius 2 is 1.40 bits per heavy atom. The molecule has 1 aliphatic carbocycles. The molecule has 0 saturated carbocycles. The van der Waals surface area contributed by atoms with Crippen LogP contribution in [-0.2, 0) is 10.8 Å². The van der Waals surface area contributed by atoms with Crippen LogP contribution in [0.5, 0.6) is 23.0 Å². The van der Waals surface area contributed by atoms with E-state index in [1.165, 1.54) is 16.7 Å². The van der Waals surface area contributed by atoms with Gasteiger partial charge in [0.2, 0.25) is 0 Å². The summed E-state index contributed by atoms with van der Waals surface area (Å²) in [5, 5.41) is 10.5. The number of ether oxygens (including phenoxy) is 3. The summed E-state index contributed by atoms with van der Waals surface area (Å²) >= 11 is 0. The summed E-state index contributed by atoms with van der Waals surface area (Å²) in [6.07, 6.45) is 2.01. The van der Waals surface area contributed by atoms with Crippen LogP contribution in [0, 0.1) is 34.6 Å². The average molecular weight is 467 g/mol. The van der Waals surface area contributed by atoms with Gasteiger partial charge in [-0.25, -0.2) is 0 Å². The molecule has 0 saturated heterocycles. The molecule has 0 unspecified atom stereocenters. The van der Waals surface area contributed by atoms with E-state index in [4.69, 9.17) is 14.2 Å². The van der Waals surface area contributed by atoms with Gasteiger partial charge in [0.05, 0.1) is 5.41 Å². The highest BCUT2D eigenvalue weighted by Gasteiger charge is 2.79. The largest absolute Gasteiger partial charge is 0.508 e. The van der Waals surface area contributed by atoms with Gasteiger partial charge in [-0.3, -0.25) is 0 Å². The lowest BCUT2D eigenvalue weighted by Crippen LogP contribution is -2.66. The van der Waals surface area contributed by atoms with E-state index in [0.717, 1.165) is 44.9 Å². The maximum absolute atomic E-state index is 10.5. The third-order valence-electron chi connectivity index (χ3n) is 8.75. The minimum absolute atomic E-state index is 0.193. The summed E-state index contributed by atoms with van der Waals surface area (Å²) in [5.41, 5.74) is 8.87. The third kappa shape index (κ3) is 2.12. The highest BCUT2D eigenvalue weighted by Crippen LogP contribution is 2.72. The summed E-state index contributed by atoms with van der Waals surface area (Å²) in [4.78, 5) is 0. The van der Waals surface area contributed by atoms with E-state index in [0.29, 0.717) is 5.75 Å². The quantitative estimate of drug-likeness (QED) is 0.391. The van der Waals surface area contributed by atoms with E-state index in [1.54, 1.807) is 6.07 Å². The number of benzene rings is 3. The molecule has 0 bridgehead atoms. The van der Waals surface area contributed by atoms with Crippen molar-refractivity contribution in [2.24, 2.45) is 0 Å². The lowest BCUT2D eigenvalue weighted by Gasteiger charge is -2.50. The normalized spacial score (nSPS) is 30.6. The number of hydrogen-bond acceptors (Lipinski definition) is 4. The van der Waals surface area contributed by atoms with Gasteiger partial charge >= 0.3 is 0 Å². The molecule has 0 fully saturated rings. The number of hydrogen-bond donors (Lipinski definition) is 1. The predicted octanol–water partition coefficient (Wildman–Crippen LogP) is 6.38. The zero-order chi connectivity index (χ0) is 24.7. The fourth-order valence-electron chi connectivity index (χ4n) is 7.71. The second kappa shape index (κ2) is 6.04. The van der Waals surface area contributed by atoms with Gasteiger partial charge in [0, 0.05) is 28.3 Å². The van der Waals surface area contributed by atoms with Gasteiger partial charge in [-0.1, -0.05) is 41.5 Å². The molecule has 3 aliphatic heterocycles. The second-order valence-electron chi connectivity index (χ2n) is 11.3. The van der Waals surface area contributed by atoms with Gasteiger partial charge in [-0.15, -0.1) is 0 Å². The summed E-state index contributed by atoms with van der Waals surface area (Å²) in [5.74, 6) is 1.61. The number of fused-ring (bicyclic) bond motifs is 5. The van der Waals surface area contributed by atoms with Crippen molar-refractivity contribution in [3.63, 3.8) is 0 Å². The monoisotopic (exact) mass is 466 g/mol. The summed E-state index contributed by atoms with van der Waals surface area (Å²) in [6.45, 7) is 15.0. The van der Waals surface area contributed by atoms with Gasteiger partial charge in [-0.2, -0.15) is 0 Å². The SMILES string of the molecule is CC1=C[C@@]2(C)c3cc(C)cc(C)c3O[C@H]2[C@]23c4cc(C)cc(C)c4O[C@]12Oc1cc(O)cc(C)c13. The molecule has 35 heavy (non-hydrogen) atoms. The molecule has 0 radical (unpaired) electrons. The van der Waals surface area contributed by atoms with Crippen molar-refractivity contribution in [1.29, 1.82) is 0 Å². The molecule has 178 valence electrons. The molecular weight excluding hydrogens is 436 g/mol. The Morgan fingerprint density at radius 1 is 0.743 bits per heavy atom. The van der Waals surface area contributed by atoms with Gasteiger partial charge in [0.15, 0.2) is 0 Å². The van der Waals surface area contributed by atoms with Crippen molar-refractivity contribution in [3.8, 4) is 23.0 Å². The molecule has 0 aromatic heterocycles. The first-order valence-corrected chi connectivity index (χ1v) is 12.3. The first-order chi connectivity index (χ1) is 16.5. The topological polar surface area (TPSA) is 47.9 Å². The van der Waals surface area contributed by atoms with Crippen LogP contribution in [0.3, 0.4) is 0 Å². The first-order valence-electron chi connectivity index (χ1n) is 12.3. The van der Waals surface area contributed by atoms with Crippen molar-refractivity contribution < 1.29 is 19.3 Å². The van der Waals surface area contributed by atoms with E-state index >= 15 is 0 Å². The zero-order valence-corrected chi connectivity index (χ0v) is 21.3. The molecule has 3 aromatic rings. The average Bonchev–Trinajstić information content (AvgIpc) is 3.31. The van der Waals surface area contributed by atoms with Crippen LogP contribution < -0.4 is 14.2 Å². The maximum Gasteiger partial charge on any atom is 0.291 e. The Bertz CT molecular complexity index is 1530. The van der Waals surface area contributed by atoms with Crippen molar-refractivity contribution in [1.82, 2.24) is 0 Å². The molecule has 4 aliphatic rings. The van der Waals surface area contributed by atoms with E-state index in [2.05, 4.69) is 78.8 Å². The Kier molecular flexibility index (Phi) is 3.61. The lowest BCUT2D eigenvalue weighted by molar-refractivity contribution is -0.126. The summed E-state index contributed by atoms with van der Waals surface area (Å²) < 4.78 is 20.9. The number of phenolic OH excluding ortho intramolecular Hbond substituents is 1. The van der Waals surface area contributed by atoms with Crippen molar-refractivity contribution in [2.45, 2.75) is 71.2 Å². The van der Waals surface area contributed by atoms with E-state index in [1.807, 2.05) is 6.07 Å². The maximum atomic E-state index is 10.5. The predicted molar refractivity (Wildman–Crippen MR) is 135 cm³/mol. The van der Waals surface area contributed by atoms with E-state index < -0.39 is 16.6 Å². The first kappa shape index (κ1) is 20.9. The van der Waals surface area contributed by atoms with Crippen molar-refractivity contribution in [2.75, 3.05) is 0 Å². The Morgan fingerprint density at radius 3 is 2.11 bits per heavy atom. The minimum atomic E-state index is -1.08. The molecule has 3 heterocycles. The number of rotatable bonds is 0. The lowest BCUT2D eigenvalue weighted by atomic mass is 9.53. The van der Waals surface area contributed by atoms with Gasteiger partial charge in [0.1, 0.15) is 34.5 Å². The third-order valence-corrected chi connectivity index (χ3v) is 8.75. The van der Waals surface area contributed by atoms with Gasteiger partial charge < -0.3 is 19.3 Å². The smallest absolute Gasteiger partial charge is 0.291 e. The van der Waals surface area contributed by atoms with Crippen LogP contribution in [0.2, 0.25) is 0 Å². The molecule has 7 rings (SSSR count). The Balaban J connectivity index is 1.67. The summed E-state index contributed by atoms with van der Waals surface area (Å²) in [7, 11) is 0. The van der Waals surface area contributed by atoms with Gasteiger partial charge in [0.25, 0.3) is 5.79 Å². The van der Waals surface area contributed by atoms with E-state index in [-0.39, 0.29) is 11.9 Å². The van der Waals surface area contributed by atoms with Crippen LogP contribution in [0.25, 0.3) is 0 Å². The van der Waals surface area contributed by atoms with Crippen molar-refractivity contribution >= 4 is 0 Å². The minimum Gasteiger partial charge on any atom is -0.508 e. The fraction of sp³-hybridized carbons (Fsp3) is 0.355. The molecule has 4 nitrogen and oxygen atoms in total. The zero-order valence-electron chi connectivity index (χ0n) is 21.3. The molecule has 4 heteroatoms. The second-order valence-corrected chi connectivity index (χ2v) is 11.3. The molecule has 0 amide bonds. The molecule has 3 aromatic carbocycles. The van der Waals surface area contributed by atoms with Crippen LogP contribution in [0.1, 0.15) is 58.4 Å². The highest BCUT2D eigenvalue weighted by atomic mass is 16.7. The molecular formula is C31H30O4. The number of aryl methyl sites for hydroxylation is 5. The van der Waals surface area contributed by atoms with Crippen LogP contribution in [-0.4, -0.2) is 17.0 Å². The number of aromatic hydroxyl groups is 1. The fourth-order valence-corrected chi connectivity index (χ4v) is 7.71. The molecule has 4 atom stereocenters. The van der Waals surface area contributed by atoms with Crippen LogP contribution >= 0.6 is 0 Å². The van der Waals surface area contributed by atoms with Crippen molar-refractivity contribution in [3.05, 3.63) is 92.6 Å². The Labute approximate surface area is 206 Å². The molecule has 0 spiro atoms. The highest BCUT2D eigenvalue weighted by molar-refractivity contribution is 5.73. The van der Waals surface area contributed by atoms with E-state index in [9.17, 15) is 5.11 Å².